The summed E-state index contributed by atoms with van der Waals surface area (Å²) in [5.74, 6) is -0.240. The Hall–Kier alpha value is -2.53. The molecule has 3 rings (SSSR count). The minimum absolute atomic E-state index is 0.342. The molecule has 0 heterocycles. The van der Waals surface area contributed by atoms with E-state index >= 15 is 0 Å². The quantitative estimate of drug-likeness (QED) is 0.780. The minimum atomic E-state index is -0.647. The summed E-state index contributed by atoms with van der Waals surface area (Å²) in [5.41, 5.74) is 1.75. The molecule has 1 aliphatic carbocycles. The lowest BCUT2D eigenvalue weighted by molar-refractivity contribution is -0.150. The van der Waals surface area contributed by atoms with E-state index in [2.05, 4.69) is 5.32 Å². The standard InChI is InChI=1S/C20H20ClNO4/c1-13-3-8-17(25-2)16(11-13)22-18(23)12-26-19(24)20(9-10-20)14-4-6-15(21)7-5-14/h3-8,11H,9-10,12H2,1-2H3,(H,22,23). The highest BCUT2D eigenvalue weighted by molar-refractivity contribution is 6.30. The van der Waals surface area contributed by atoms with Crippen molar-refractivity contribution >= 4 is 29.2 Å². The molecule has 1 N–H and O–H groups in total. The molecule has 1 saturated carbocycles. The van der Waals surface area contributed by atoms with Crippen molar-refractivity contribution in [2.45, 2.75) is 25.2 Å². The molecule has 0 spiro atoms. The molecule has 136 valence electrons. The van der Waals surface area contributed by atoms with Gasteiger partial charge in [0.1, 0.15) is 5.75 Å². The van der Waals surface area contributed by atoms with Gasteiger partial charge in [-0.15, -0.1) is 0 Å². The van der Waals surface area contributed by atoms with Crippen LogP contribution in [0, 0.1) is 6.92 Å². The van der Waals surface area contributed by atoms with Crippen molar-refractivity contribution in [2.24, 2.45) is 0 Å². The highest BCUT2D eigenvalue weighted by Crippen LogP contribution is 2.49. The van der Waals surface area contributed by atoms with Crippen LogP contribution in [0.5, 0.6) is 5.75 Å². The Labute approximate surface area is 157 Å². The first-order valence-electron chi connectivity index (χ1n) is 8.32. The van der Waals surface area contributed by atoms with Gasteiger partial charge in [-0.1, -0.05) is 29.8 Å². The smallest absolute Gasteiger partial charge is 0.317 e. The lowest BCUT2D eigenvalue weighted by Gasteiger charge is -2.15. The molecule has 0 atom stereocenters. The van der Waals surface area contributed by atoms with Crippen LogP contribution in [0.15, 0.2) is 42.5 Å². The maximum Gasteiger partial charge on any atom is 0.317 e. The number of nitrogens with one attached hydrogen (secondary N) is 1. The van der Waals surface area contributed by atoms with Crippen molar-refractivity contribution in [2.75, 3.05) is 19.0 Å². The first kappa shape index (κ1) is 18.3. The Kier molecular flexibility index (Phi) is 5.18. The number of benzene rings is 2. The van der Waals surface area contributed by atoms with Crippen molar-refractivity contribution in [1.82, 2.24) is 0 Å². The van der Waals surface area contributed by atoms with Gasteiger partial charge in [0.05, 0.1) is 18.2 Å². The van der Waals surface area contributed by atoms with E-state index in [-0.39, 0.29) is 12.6 Å². The maximum absolute atomic E-state index is 12.5. The molecular weight excluding hydrogens is 354 g/mol. The van der Waals surface area contributed by atoms with Gasteiger partial charge in [-0.05, 0) is 55.2 Å². The zero-order valence-electron chi connectivity index (χ0n) is 14.7. The lowest BCUT2D eigenvalue weighted by Crippen LogP contribution is -2.28. The van der Waals surface area contributed by atoms with E-state index in [1.807, 2.05) is 25.1 Å². The van der Waals surface area contributed by atoms with E-state index in [0.717, 1.165) is 11.1 Å². The number of hydrogen-bond acceptors (Lipinski definition) is 4. The molecule has 0 saturated heterocycles. The molecule has 6 heteroatoms. The second-order valence-corrected chi connectivity index (χ2v) is 6.85. The Morgan fingerprint density at radius 2 is 1.85 bits per heavy atom. The number of amides is 1. The number of carbonyl (C=O) groups excluding carboxylic acids is 2. The van der Waals surface area contributed by atoms with E-state index in [9.17, 15) is 9.59 Å². The summed E-state index contributed by atoms with van der Waals surface area (Å²) in [6, 6.07) is 12.6. The van der Waals surface area contributed by atoms with Gasteiger partial charge in [0.2, 0.25) is 0 Å². The zero-order chi connectivity index (χ0) is 18.7. The van der Waals surface area contributed by atoms with Crippen LogP contribution in [0.4, 0.5) is 5.69 Å². The largest absolute Gasteiger partial charge is 0.495 e. The van der Waals surface area contributed by atoms with Crippen LogP contribution < -0.4 is 10.1 Å². The van der Waals surface area contributed by atoms with Gasteiger partial charge in [-0.2, -0.15) is 0 Å². The van der Waals surface area contributed by atoms with Crippen LogP contribution >= 0.6 is 11.6 Å². The van der Waals surface area contributed by atoms with Crippen LogP contribution in [0.2, 0.25) is 5.02 Å². The van der Waals surface area contributed by atoms with E-state index in [1.165, 1.54) is 7.11 Å². The van der Waals surface area contributed by atoms with Crippen molar-refractivity contribution in [3.05, 3.63) is 58.6 Å². The normalized spacial score (nSPS) is 14.4. The van der Waals surface area contributed by atoms with Gasteiger partial charge in [-0.3, -0.25) is 9.59 Å². The van der Waals surface area contributed by atoms with E-state index < -0.39 is 11.3 Å². The molecule has 1 amide bonds. The summed E-state index contributed by atoms with van der Waals surface area (Å²) >= 11 is 5.90. The fourth-order valence-corrected chi connectivity index (χ4v) is 3.01. The Morgan fingerprint density at radius 3 is 2.46 bits per heavy atom. The summed E-state index contributed by atoms with van der Waals surface area (Å²) in [7, 11) is 1.53. The molecule has 5 nitrogen and oxygen atoms in total. The maximum atomic E-state index is 12.5. The average Bonchev–Trinajstić information content (AvgIpc) is 3.42. The molecule has 26 heavy (non-hydrogen) atoms. The fraction of sp³-hybridized carbons (Fsp3) is 0.300. The molecular formula is C20H20ClNO4. The first-order valence-corrected chi connectivity index (χ1v) is 8.70. The third-order valence-electron chi connectivity index (χ3n) is 4.50. The number of rotatable bonds is 6. The van der Waals surface area contributed by atoms with Crippen LogP contribution in [-0.2, 0) is 19.7 Å². The summed E-state index contributed by atoms with van der Waals surface area (Å²) < 4.78 is 10.5. The van der Waals surface area contributed by atoms with E-state index in [0.29, 0.717) is 29.3 Å². The van der Waals surface area contributed by atoms with Gasteiger partial charge in [-0.25, -0.2) is 0 Å². The van der Waals surface area contributed by atoms with Crippen LogP contribution in [-0.4, -0.2) is 25.6 Å². The summed E-state index contributed by atoms with van der Waals surface area (Å²) in [5, 5.41) is 3.33. The van der Waals surface area contributed by atoms with Gasteiger partial charge in [0.25, 0.3) is 5.91 Å². The number of carbonyl (C=O) groups is 2. The number of methoxy groups -OCH3 is 1. The van der Waals surface area contributed by atoms with Crippen LogP contribution in [0.25, 0.3) is 0 Å². The van der Waals surface area contributed by atoms with Gasteiger partial charge in [0.15, 0.2) is 6.61 Å². The summed E-state index contributed by atoms with van der Waals surface area (Å²) in [4.78, 5) is 24.7. The number of esters is 1. The molecule has 2 aromatic carbocycles. The van der Waals surface area contributed by atoms with Crippen LogP contribution in [0.3, 0.4) is 0 Å². The second kappa shape index (κ2) is 7.38. The van der Waals surface area contributed by atoms with Crippen molar-refractivity contribution in [3.63, 3.8) is 0 Å². The Balaban J connectivity index is 1.60. The lowest BCUT2D eigenvalue weighted by atomic mass is 9.96. The summed E-state index contributed by atoms with van der Waals surface area (Å²) in [6.45, 7) is 1.57. The average molecular weight is 374 g/mol. The molecule has 0 unspecified atom stereocenters. The topological polar surface area (TPSA) is 64.6 Å². The SMILES string of the molecule is COc1ccc(C)cc1NC(=O)COC(=O)C1(c2ccc(Cl)cc2)CC1. The first-order chi connectivity index (χ1) is 12.4. The predicted molar refractivity (Wildman–Crippen MR) is 99.7 cm³/mol. The zero-order valence-corrected chi connectivity index (χ0v) is 15.4. The van der Waals surface area contributed by atoms with Gasteiger partial charge >= 0.3 is 5.97 Å². The van der Waals surface area contributed by atoms with Crippen molar-refractivity contribution in [3.8, 4) is 5.75 Å². The minimum Gasteiger partial charge on any atom is -0.495 e. The summed E-state index contributed by atoms with van der Waals surface area (Å²) in [6.07, 6.45) is 1.42. The molecule has 0 radical (unpaired) electrons. The molecule has 0 aliphatic heterocycles. The van der Waals surface area contributed by atoms with E-state index in [4.69, 9.17) is 21.1 Å². The highest BCUT2D eigenvalue weighted by atomic mass is 35.5. The number of halogens is 1. The molecule has 1 aliphatic rings. The predicted octanol–water partition coefficient (Wildman–Crippen LogP) is 3.87. The molecule has 0 aromatic heterocycles. The van der Waals surface area contributed by atoms with Crippen molar-refractivity contribution < 1.29 is 19.1 Å². The monoisotopic (exact) mass is 373 g/mol. The number of anilines is 1. The second-order valence-electron chi connectivity index (χ2n) is 6.42. The number of hydrogen-bond donors (Lipinski definition) is 1. The molecule has 2 aromatic rings. The fourth-order valence-electron chi connectivity index (χ4n) is 2.88. The molecule has 0 bridgehead atoms. The van der Waals surface area contributed by atoms with Gasteiger partial charge < -0.3 is 14.8 Å². The molecule has 1 fully saturated rings. The third-order valence-corrected chi connectivity index (χ3v) is 4.75. The highest BCUT2D eigenvalue weighted by Gasteiger charge is 2.52. The number of aryl methyl sites for hydroxylation is 1. The van der Waals surface area contributed by atoms with Crippen molar-refractivity contribution in [1.29, 1.82) is 0 Å². The Morgan fingerprint density at radius 1 is 1.15 bits per heavy atom. The third kappa shape index (κ3) is 3.83. The Bertz CT molecular complexity index is 828. The van der Waals surface area contributed by atoms with Gasteiger partial charge in [0, 0.05) is 5.02 Å². The van der Waals surface area contributed by atoms with E-state index in [1.54, 1.807) is 24.3 Å². The van der Waals surface area contributed by atoms with Crippen LogP contribution in [0.1, 0.15) is 24.0 Å². The number of ether oxygens (including phenoxy) is 2.